The van der Waals surface area contributed by atoms with Gasteiger partial charge in [-0.1, -0.05) is 0 Å². The van der Waals surface area contributed by atoms with E-state index in [-0.39, 0.29) is 17.6 Å². The maximum absolute atomic E-state index is 12.6. The molecule has 6 heteroatoms. The van der Waals surface area contributed by atoms with Gasteiger partial charge in [-0.15, -0.1) is 0 Å². The number of likely N-dealkylation sites (tertiary alicyclic amines) is 2. The normalized spacial score (nSPS) is 41.6. The van der Waals surface area contributed by atoms with Crippen molar-refractivity contribution >= 4 is 12.0 Å². The summed E-state index contributed by atoms with van der Waals surface area (Å²) >= 11 is 0. The summed E-state index contributed by atoms with van der Waals surface area (Å²) in [6, 6.07) is 0.660. The van der Waals surface area contributed by atoms with Gasteiger partial charge in [0.1, 0.15) is 0 Å². The second kappa shape index (κ2) is 6.10. The summed E-state index contributed by atoms with van der Waals surface area (Å²) in [5.41, 5.74) is 0.418. The molecule has 2 amide bonds. The van der Waals surface area contributed by atoms with Crippen LogP contribution in [0.4, 0.5) is 4.79 Å². The lowest BCUT2D eigenvalue weighted by Crippen LogP contribution is -2.54. The quantitative estimate of drug-likeness (QED) is 0.819. The van der Waals surface area contributed by atoms with E-state index in [1.54, 1.807) is 0 Å². The molecule has 1 N–H and O–H groups in total. The van der Waals surface area contributed by atoms with E-state index < -0.39 is 0 Å². The van der Waals surface area contributed by atoms with Crippen molar-refractivity contribution in [1.82, 2.24) is 15.1 Å². The molecule has 2 aliphatic heterocycles. The van der Waals surface area contributed by atoms with E-state index in [2.05, 4.69) is 17.1 Å². The Labute approximate surface area is 162 Å². The number of ether oxygens (including phenoxy) is 1. The first-order chi connectivity index (χ1) is 12.9. The molecule has 5 fully saturated rings. The Morgan fingerprint density at radius 3 is 2.44 bits per heavy atom. The van der Waals surface area contributed by atoms with Gasteiger partial charge in [0.05, 0.1) is 6.61 Å². The molecule has 5 aliphatic rings. The van der Waals surface area contributed by atoms with Crippen LogP contribution >= 0.6 is 0 Å². The summed E-state index contributed by atoms with van der Waals surface area (Å²) in [5.74, 6) is 1.77. The Morgan fingerprint density at radius 2 is 1.85 bits per heavy atom. The number of carbonyl (C=O) groups excluding carboxylic acids is 2. The standard InChI is InChI=1S/C21H33N3O3/c1-3-27-19(26)23-8-7-21(13-23)9-14(10-21)24-11-15-16(12-24)17(15)18(25)22-20(2)5-4-6-20/h14-17H,3-13H2,1-2H3,(H,22,25)/t14?,15-,16+,17+,21?. The van der Waals surface area contributed by atoms with Gasteiger partial charge in [-0.05, 0) is 69.6 Å². The number of amides is 2. The first kappa shape index (κ1) is 17.8. The number of nitrogens with one attached hydrogen (secondary N) is 1. The van der Waals surface area contributed by atoms with Crippen LogP contribution < -0.4 is 5.32 Å². The summed E-state index contributed by atoms with van der Waals surface area (Å²) in [6.45, 7) is 8.42. The van der Waals surface area contributed by atoms with Crippen LogP contribution in [0.3, 0.4) is 0 Å². The van der Waals surface area contributed by atoms with Crippen LogP contribution in [0.15, 0.2) is 0 Å². The van der Waals surface area contributed by atoms with Gasteiger partial charge in [0.25, 0.3) is 0 Å². The second-order valence-electron chi connectivity index (χ2n) is 10.1. The fraction of sp³-hybridized carbons (Fsp3) is 0.905. The van der Waals surface area contributed by atoms with Crippen molar-refractivity contribution in [2.75, 3.05) is 32.8 Å². The van der Waals surface area contributed by atoms with Crippen molar-refractivity contribution in [1.29, 1.82) is 0 Å². The number of nitrogens with zero attached hydrogens (tertiary/aromatic N) is 2. The molecular formula is C21H33N3O3. The highest BCUT2D eigenvalue weighted by Crippen LogP contribution is 2.57. The summed E-state index contributed by atoms with van der Waals surface area (Å²) in [6.07, 6.45) is 6.91. The Balaban J connectivity index is 1.07. The molecule has 1 spiro atoms. The SMILES string of the molecule is CCOC(=O)N1CCC2(CC(N3C[C@@H]4[C@H](C3)[C@H]4C(=O)NC3(C)CCC3)C2)C1. The van der Waals surface area contributed by atoms with Gasteiger partial charge in [0, 0.05) is 43.7 Å². The predicted octanol–water partition coefficient (Wildman–Crippen LogP) is 2.23. The third-order valence-corrected chi connectivity index (χ3v) is 8.23. The van der Waals surface area contributed by atoms with Gasteiger partial charge >= 0.3 is 6.09 Å². The molecule has 150 valence electrons. The Morgan fingerprint density at radius 1 is 1.15 bits per heavy atom. The molecule has 0 aromatic heterocycles. The zero-order valence-electron chi connectivity index (χ0n) is 16.7. The minimum Gasteiger partial charge on any atom is -0.450 e. The fourth-order valence-corrected chi connectivity index (χ4v) is 6.30. The highest BCUT2D eigenvalue weighted by atomic mass is 16.6. The molecule has 2 saturated heterocycles. The van der Waals surface area contributed by atoms with E-state index in [1.165, 1.54) is 19.3 Å². The zero-order chi connectivity index (χ0) is 18.8. The van der Waals surface area contributed by atoms with Gasteiger partial charge in [-0.25, -0.2) is 4.79 Å². The number of fused-ring (bicyclic) bond motifs is 1. The summed E-state index contributed by atoms with van der Waals surface area (Å²) in [7, 11) is 0. The molecule has 0 unspecified atom stereocenters. The van der Waals surface area contributed by atoms with Crippen molar-refractivity contribution < 1.29 is 14.3 Å². The number of rotatable bonds is 4. The molecule has 5 rings (SSSR count). The molecule has 3 aliphatic carbocycles. The van der Waals surface area contributed by atoms with Crippen molar-refractivity contribution in [2.24, 2.45) is 23.2 Å². The van der Waals surface area contributed by atoms with Crippen molar-refractivity contribution in [3.8, 4) is 0 Å². The zero-order valence-corrected chi connectivity index (χ0v) is 16.7. The Bertz CT molecular complexity index is 629. The molecule has 3 atom stereocenters. The third kappa shape index (κ3) is 2.95. The maximum Gasteiger partial charge on any atom is 0.409 e. The van der Waals surface area contributed by atoms with E-state index in [4.69, 9.17) is 4.74 Å². The minimum atomic E-state index is -0.144. The van der Waals surface area contributed by atoms with Crippen molar-refractivity contribution in [3.63, 3.8) is 0 Å². The summed E-state index contributed by atoms with van der Waals surface area (Å²) in [4.78, 5) is 29.0. The average molecular weight is 376 g/mol. The Kier molecular flexibility index (Phi) is 4.01. The number of hydrogen-bond donors (Lipinski definition) is 1. The lowest BCUT2D eigenvalue weighted by atomic mass is 9.64. The largest absolute Gasteiger partial charge is 0.450 e. The molecule has 0 radical (unpaired) electrons. The fourth-order valence-electron chi connectivity index (χ4n) is 6.30. The highest BCUT2D eigenvalue weighted by Gasteiger charge is 2.62. The molecule has 6 nitrogen and oxygen atoms in total. The van der Waals surface area contributed by atoms with Gasteiger partial charge in [0.15, 0.2) is 0 Å². The molecule has 0 aromatic rings. The van der Waals surface area contributed by atoms with E-state index in [9.17, 15) is 9.59 Å². The Hall–Kier alpha value is -1.30. The summed E-state index contributed by atoms with van der Waals surface area (Å²) < 4.78 is 5.15. The minimum absolute atomic E-state index is 0.0846. The number of hydrogen-bond acceptors (Lipinski definition) is 4. The van der Waals surface area contributed by atoms with E-state index in [0.717, 1.165) is 45.4 Å². The molecule has 0 bridgehead atoms. The maximum atomic E-state index is 12.6. The monoisotopic (exact) mass is 375 g/mol. The predicted molar refractivity (Wildman–Crippen MR) is 101 cm³/mol. The van der Waals surface area contributed by atoms with Crippen LogP contribution in [0.1, 0.15) is 52.4 Å². The number of carbonyl (C=O) groups is 2. The van der Waals surface area contributed by atoms with Crippen LogP contribution in [-0.2, 0) is 9.53 Å². The lowest BCUT2D eigenvalue weighted by molar-refractivity contribution is -0.126. The third-order valence-electron chi connectivity index (χ3n) is 8.23. The van der Waals surface area contributed by atoms with Crippen molar-refractivity contribution in [3.05, 3.63) is 0 Å². The van der Waals surface area contributed by atoms with Crippen LogP contribution in [0, 0.1) is 23.2 Å². The van der Waals surface area contributed by atoms with E-state index >= 15 is 0 Å². The molecule has 27 heavy (non-hydrogen) atoms. The lowest BCUT2D eigenvalue weighted by Gasteiger charge is -2.49. The van der Waals surface area contributed by atoms with Gasteiger partial charge in [-0.3, -0.25) is 9.69 Å². The average Bonchev–Trinajstić information content (AvgIpc) is 2.96. The second-order valence-corrected chi connectivity index (χ2v) is 10.1. The number of piperidine rings is 1. The topological polar surface area (TPSA) is 61.9 Å². The molecule has 0 aromatic carbocycles. The molecular weight excluding hydrogens is 342 g/mol. The van der Waals surface area contributed by atoms with Gasteiger partial charge in [0.2, 0.25) is 5.91 Å². The highest BCUT2D eigenvalue weighted by molar-refractivity contribution is 5.83. The van der Waals surface area contributed by atoms with Crippen LogP contribution in [0.2, 0.25) is 0 Å². The van der Waals surface area contributed by atoms with Gasteiger partial charge < -0.3 is 15.0 Å². The van der Waals surface area contributed by atoms with E-state index in [0.29, 0.717) is 35.8 Å². The first-order valence-electron chi connectivity index (χ1n) is 10.9. The van der Waals surface area contributed by atoms with Crippen LogP contribution in [-0.4, -0.2) is 66.2 Å². The molecule has 2 heterocycles. The smallest absolute Gasteiger partial charge is 0.409 e. The van der Waals surface area contributed by atoms with E-state index in [1.807, 2.05) is 11.8 Å². The van der Waals surface area contributed by atoms with Crippen LogP contribution in [0.5, 0.6) is 0 Å². The van der Waals surface area contributed by atoms with Crippen molar-refractivity contribution in [2.45, 2.75) is 64.0 Å². The van der Waals surface area contributed by atoms with Gasteiger partial charge in [-0.2, -0.15) is 0 Å². The first-order valence-corrected chi connectivity index (χ1v) is 10.9. The summed E-state index contributed by atoms with van der Waals surface area (Å²) in [5, 5.41) is 3.31. The van der Waals surface area contributed by atoms with Crippen LogP contribution in [0.25, 0.3) is 0 Å². The molecule has 3 saturated carbocycles.